The van der Waals surface area contributed by atoms with Crippen molar-refractivity contribution in [2.45, 2.75) is 13.0 Å². The standard InChI is InChI=1S/C13H10F3N3O2/c14-8-4-10(16)9(15)3-6(8)12-7-5-21-2-1-11(7)19(18-12)13(17)20/h3-4H,1-2,5H2,(H2,17,20). The Balaban J connectivity index is 2.24. The number of aromatic nitrogens is 2. The van der Waals surface area contributed by atoms with Crippen LogP contribution in [0.4, 0.5) is 18.0 Å². The second-order valence-corrected chi connectivity index (χ2v) is 4.57. The number of hydrogen-bond donors (Lipinski definition) is 1. The van der Waals surface area contributed by atoms with Gasteiger partial charge in [-0.2, -0.15) is 9.78 Å². The second-order valence-electron chi connectivity index (χ2n) is 4.57. The largest absolute Gasteiger partial charge is 0.376 e. The Morgan fingerprint density at radius 3 is 2.67 bits per heavy atom. The van der Waals surface area contributed by atoms with Crippen molar-refractivity contribution in [2.24, 2.45) is 5.73 Å². The predicted molar refractivity (Wildman–Crippen MR) is 65.9 cm³/mol. The minimum atomic E-state index is -1.30. The molecular weight excluding hydrogens is 287 g/mol. The van der Waals surface area contributed by atoms with Crippen LogP contribution in [-0.2, 0) is 17.8 Å². The van der Waals surface area contributed by atoms with E-state index in [0.717, 1.165) is 4.68 Å². The molecule has 0 spiro atoms. The number of nitrogens with zero attached hydrogens (tertiary/aromatic N) is 2. The number of amides is 1. The summed E-state index contributed by atoms with van der Waals surface area (Å²) in [5.74, 6) is -3.47. The zero-order valence-corrected chi connectivity index (χ0v) is 10.7. The van der Waals surface area contributed by atoms with Gasteiger partial charge in [0.25, 0.3) is 0 Å². The van der Waals surface area contributed by atoms with Crippen LogP contribution in [0, 0.1) is 17.5 Å². The Hall–Kier alpha value is -2.35. The Morgan fingerprint density at radius 2 is 1.95 bits per heavy atom. The van der Waals surface area contributed by atoms with Crippen molar-refractivity contribution in [3.05, 3.63) is 40.8 Å². The summed E-state index contributed by atoms with van der Waals surface area (Å²) in [6.07, 6.45) is 0.372. The highest BCUT2D eigenvalue weighted by atomic mass is 19.2. The molecule has 0 saturated heterocycles. The molecule has 0 atom stereocenters. The maximum absolute atomic E-state index is 13.9. The third-order valence-corrected chi connectivity index (χ3v) is 3.29. The lowest BCUT2D eigenvalue weighted by molar-refractivity contribution is 0.109. The molecule has 0 bridgehead atoms. The number of hydrogen-bond acceptors (Lipinski definition) is 3. The van der Waals surface area contributed by atoms with E-state index in [4.69, 9.17) is 10.5 Å². The van der Waals surface area contributed by atoms with E-state index in [1.54, 1.807) is 0 Å². The lowest BCUT2D eigenvalue weighted by Crippen LogP contribution is -2.25. The molecule has 1 amide bonds. The Kier molecular flexibility index (Phi) is 3.17. The lowest BCUT2D eigenvalue weighted by atomic mass is 10.0. The zero-order valence-electron chi connectivity index (χ0n) is 10.7. The van der Waals surface area contributed by atoms with Gasteiger partial charge in [-0.25, -0.2) is 18.0 Å². The number of halogens is 3. The quantitative estimate of drug-likeness (QED) is 0.818. The monoisotopic (exact) mass is 297 g/mol. The molecule has 1 aliphatic heterocycles. The Labute approximate surface area is 117 Å². The fourth-order valence-electron chi connectivity index (χ4n) is 2.34. The van der Waals surface area contributed by atoms with Crippen LogP contribution < -0.4 is 5.73 Å². The van der Waals surface area contributed by atoms with E-state index >= 15 is 0 Å². The van der Waals surface area contributed by atoms with Crippen LogP contribution in [0.15, 0.2) is 12.1 Å². The van der Waals surface area contributed by atoms with Gasteiger partial charge in [0.1, 0.15) is 11.5 Å². The Morgan fingerprint density at radius 1 is 1.24 bits per heavy atom. The summed E-state index contributed by atoms with van der Waals surface area (Å²) < 4.78 is 46.4. The number of benzene rings is 1. The van der Waals surface area contributed by atoms with Gasteiger partial charge in [0.15, 0.2) is 11.6 Å². The van der Waals surface area contributed by atoms with Crippen molar-refractivity contribution < 1.29 is 22.7 Å². The molecule has 8 heteroatoms. The van der Waals surface area contributed by atoms with Crippen molar-refractivity contribution in [2.75, 3.05) is 6.61 Å². The molecule has 2 N–H and O–H groups in total. The molecule has 5 nitrogen and oxygen atoms in total. The second kappa shape index (κ2) is 4.88. The van der Waals surface area contributed by atoms with Crippen molar-refractivity contribution >= 4 is 6.03 Å². The van der Waals surface area contributed by atoms with E-state index < -0.39 is 23.5 Å². The third kappa shape index (κ3) is 2.17. The number of carbonyl (C=O) groups excluding carboxylic acids is 1. The van der Waals surface area contributed by atoms with Gasteiger partial charge < -0.3 is 10.5 Å². The molecule has 110 valence electrons. The van der Waals surface area contributed by atoms with Crippen molar-refractivity contribution in [1.29, 1.82) is 0 Å². The topological polar surface area (TPSA) is 70.1 Å². The van der Waals surface area contributed by atoms with Crippen LogP contribution in [0.1, 0.15) is 11.3 Å². The first-order chi connectivity index (χ1) is 9.99. The van der Waals surface area contributed by atoms with Crippen LogP contribution in [0.25, 0.3) is 11.3 Å². The van der Waals surface area contributed by atoms with Gasteiger partial charge in [-0.05, 0) is 6.07 Å². The highest BCUT2D eigenvalue weighted by Crippen LogP contribution is 2.31. The van der Waals surface area contributed by atoms with Gasteiger partial charge >= 0.3 is 6.03 Å². The smallest absolute Gasteiger partial charge is 0.339 e. The van der Waals surface area contributed by atoms with Crippen LogP contribution in [-0.4, -0.2) is 22.4 Å². The van der Waals surface area contributed by atoms with Gasteiger partial charge in [0.2, 0.25) is 0 Å². The van der Waals surface area contributed by atoms with Crippen LogP contribution in [0.5, 0.6) is 0 Å². The number of carbonyl (C=O) groups is 1. The average Bonchev–Trinajstić information content (AvgIpc) is 2.82. The zero-order chi connectivity index (χ0) is 15.1. The number of nitrogens with two attached hydrogens (primary N) is 1. The molecular formula is C13H10F3N3O2. The summed E-state index contributed by atoms with van der Waals surface area (Å²) in [5.41, 5.74) is 5.94. The fourth-order valence-corrected chi connectivity index (χ4v) is 2.34. The van der Waals surface area contributed by atoms with Gasteiger partial charge in [0.05, 0.1) is 18.9 Å². The summed E-state index contributed by atoms with van der Waals surface area (Å²) in [4.78, 5) is 11.4. The van der Waals surface area contributed by atoms with Crippen molar-refractivity contribution in [3.8, 4) is 11.3 Å². The molecule has 1 aromatic carbocycles. The molecule has 0 unspecified atom stereocenters. The first kappa shape index (κ1) is 13.6. The molecule has 0 aliphatic carbocycles. The molecule has 2 heterocycles. The minimum Gasteiger partial charge on any atom is -0.376 e. The van der Waals surface area contributed by atoms with Crippen LogP contribution >= 0.6 is 0 Å². The van der Waals surface area contributed by atoms with Gasteiger partial charge in [-0.3, -0.25) is 0 Å². The first-order valence-electron chi connectivity index (χ1n) is 6.12. The molecule has 1 aliphatic rings. The maximum atomic E-state index is 13.9. The van der Waals surface area contributed by atoms with E-state index in [1.807, 2.05) is 0 Å². The fraction of sp³-hybridized carbons (Fsp3) is 0.231. The molecule has 2 aromatic rings. The maximum Gasteiger partial charge on any atom is 0.339 e. The predicted octanol–water partition coefficient (Wildman–Crippen LogP) is 1.97. The molecule has 1 aromatic heterocycles. The summed E-state index contributed by atoms with van der Waals surface area (Å²) in [7, 11) is 0. The Bertz CT molecular complexity index is 743. The van der Waals surface area contributed by atoms with Gasteiger partial charge in [-0.1, -0.05) is 0 Å². The number of rotatable bonds is 1. The minimum absolute atomic E-state index is 0.0277. The van der Waals surface area contributed by atoms with E-state index in [0.29, 0.717) is 36.4 Å². The van der Waals surface area contributed by atoms with Gasteiger partial charge in [-0.15, -0.1) is 0 Å². The molecule has 0 fully saturated rings. The highest BCUT2D eigenvalue weighted by Gasteiger charge is 2.26. The van der Waals surface area contributed by atoms with E-state index in [-0.39, 0.29) is 17.9 Å². The number of primary amides is 1. The van der Waals surface area contributed by atoms with E-state index in [1.165, 1.54) is 0 Å². The van der Waals surface area contributed by atoms with Crippen LogP contribution in [0.2, 0.25) is 0 Å². The van der Waals surface area contributed by atoms with Gasteiger partial charge in [0, 0.05) is 23.6 Å². The van der Waals surface area contributed by atoms with E-state index in [2.05, 4.69) is 5.10 Å². The van der Waals surface area contributed by atoms with Crippen LogP contribution in [0.3, 0.4) is 0 Å². The molecule has 3 rings (SSSR count). The normalized spacial score (nSPS) is 14.0. The average molecular weight is 297 g/mol. The first-order valence-corrected chi connectivity index (χ1v) is 6.12. The highest BCUT2D eigenvalue weighted by molar-refractivity contribution is 5.77. The van der Waals surface area contributed by atoms with Crippen molar-refractivity contribution in [1.82, 2.24) is 9.78 Å². The summed E-state index contributed by atoms with van der Waals surface area (Å²) in [5, 5.41) is 3.93. The number of ether oxygens (including phenoxy) is 1. The number of fused-ring (bicyclic) bond motifs is 1. The van der Waals surface area contributed by atoms with E-state index in [9.17, 15) is 18.0 Å². The molecule has 0 saturated carbocycles. The molecule has 0 radical (unpaired) electrons. The SMILES string of the molecule is NC(=O)n1nc(-c2cc(F)c(F)cc2F)c2c1CCOC2. The summed E-state index contributed by atoms with van der Waals surface area (Å²) >= 11 is 0. The lowest BCUT2D eigenvalue weighted by Gasteiger charge is -2.14. The summed E-state index contributed by atoms with van der Waals surface area (Å²) in [6.45, 7) is 0.460. The third-order valence-electron chi connectivity index (χ3n) is 3.29. The molecule has 21 heavy (non-hydrogen) atoms. The van der Waals surface area contributed by atoms with Crippen molar-refractivity contribution in [3.63, 3.8) is 0 Å². The summed E-state index contributed by atoms with van der Waals surface area (Å²) in [6, 6.07) is 0.305.